The Hall–Kier alpha value is -2.70. The molecule has 3 N–H and O–H groups in total. The van der Waals surface area contributed by atoms with Crippen LogP contribution in [-0.4, -0.2) is 83.3 Å². The van der Waals surface area contributed by atoms with Crippen LogP contribution in [0.15, 0.2) is 48.5 Å². The predicted molar refractivity (Wildman–Crippen MR) is 211 cm³/mol. The van der Waals surface area contributed by atoms with Crippen LogP contribution in [-0.2, 0) is 43.6 Å². The monoisotopic (exact) mass is 809 g/mol. The normalized spacial score (nSPS) is 18.2. The number of carbonyl (C=O) groups excluding carboxylic acids is 1. The Morgan fingerprint density at radius 2 is 1.75 bits per heavy atom. The number of rotatable bonds is 21. The van der Waals surface area contributed by atoms with Crippen molar-refractivity contribution >= 4 is 36.6 Å². The third kappa shape index (κ3) is 13.7. The highest BCUT2D eigenvalue weighted by molar-refractivity contribution is 7.90. The van der Waals surface area contributed by atoms with E-state index in [1.54, 1.807) is 30.3 Å². The van der Waals surface area contributed by atoms with Crippen LogP contribution in [0.2, 0.25) is 25.7 Å². The van der Waals surface area contributed by atoms with Crippen molar-refractivity contribution in [1.29, 1.82) is 0 Å². The Balaban J connectivity index is 1.41. The lowest BCUT2D eigenvalue weighted by Gasteiger charge is -2.31. The van der Waals surface area contributed by atoms with E-state index >= 15 is 0 Å². The fraction of sp³-hybridized carbons (Fsp3) is 0.641. The van der Waals surface area contributed by atoms with Gasteiger partial charge >= 0.3 is 12.3 Å². The summed E-state index contributed by atoms with van der Waals surface area (Å²) >= 11 is -1.45. The number of amides is 1. The van der Waals surface area contributed by atoms with Crippen molar-refractivity contribution in [2.24, 2.45) is 0 Å². The highest BCUT2D eigenvalue weighted by Gasteiger charge is 2.42. The van der Waals surface area contributed by atoms with Gasteiger partial charge in [0.2, 0.25) is 0 Å². The summed E-state index contributed by atoms with van der Waals surface area (Å²) in [6, 6.07) is 11.9. The summed E-state index contributed by atoms with van der Waals surface area (Å²) in [5.41, 5.74) is 2.69. The molecular weight excluding hydrogens is 752 g/mol. The molecule has 5 rings (SSSR count). The van der Waals surface area contributed by atoms with Crippen molar-refractivity contribution < 1.29 is 41.5 Å². The summed E-state index contributed by atoms with van der Waals surface area (Å²) in [4.78, 5) is 17.6. The van der Waals surface area contributed by atoms with Gasteiger partial charge in [0.1, 0.15) is 36.0 Å². The number of hydrogen-bond acceptors (Lipinski definition) is 9. The molecule has 2 saturated carbocycles. The molecule has 1 aromatic heterocycles. The zero-order valence-electron chi connectivity index (χ0n) is 33.0. The number of carbonyl (C=O) groups is 1. The molecule has 0 radical (unpaired) electrons. The highest BCUT2D eigenvalue weighted by atomic mass is 32.2. The zero-order chi connectivity index (χ0) is 40.0. The summed E-state index contributed by atoms with van der Waals surface area (Å²) in [6.45, 7) is 14.6. The lowest BCUT2D eigenvalue weighted by Crippen LogP contribution is -2.52. The number of alkyl halides is 3. The van der Waals surface area contributed by atoms with Gasteiger partial charge in [0.25, 0.3) is 0 Å². The molecule has 1 heterocycles. The average Bonchev–Trinajstić information content (AvgIpc) is 4.05. The summed E-state index contributed by atoms with van der Waals surface area (Å²) in [5, 5.41) is 5.01. The van der Waals surface area contributed by atoms with Crippen molar-refractivity contribution in [2.75, 3.05) is 19.8 Å². The van der Waals surface area contributed by atoms with E-state index in [2.05, 4.69) is 29.7 Å². The number of hydrogen-bond donors (Lipinski definition) is 3. The summed E-state index contributed by atoms with van der Waals surface area (Å²) in [7, 11) is -1.37. The maximum atomic E-state index is 14.3. The fourth-order valence-electron chi connectivity index (χ4n) is 5.68. The molecule has 2 aromatic carbocycles. The lowest BCUT2D eigenvalue weighted by atomic mass is 10.1. The second-order valence-electron chi connectivity index (χ2n) is 16.8. The molecule has 2 aliphatic rings. The Labute approximate surface area is 327 Å². The Morgan fingerprint density at radius 3 is 2.36 bits per heavy atom. The second-order valence-corrected chi connectivity index (χ2v) is 24.4. The molecule has 0 spiro atoms. The number of halogens is 3. The van der Waals surface area contributed by atoms with Crippen molar-refractivity contribution in [3.8, 4) is 0 Å². The van der Waals surface area contributed by atoms with Gasteiger partial charge in [-0.25, -0.2) is 9.78 Å². The van der Waals surface area contributed by atoms with E-state index in [0.29, 0.717) is 29.1 Å². The molecule has 0 unspecified atom stereocenters. The van der Waals surface area contributed by atoms with Gasteiger partial charge in [0.15, 0.2) is 0 Å². The molecular formula is C39H58F3N5O6SSi. The first kappa shape index (κ1) is 43.4. The molecule has 0 bridgehead atoms. The largest absolute Gasteiger partial charge is 0.598 e. The molecule has 55 heavy (non-hydrogen) atoms. The highest BCUT2D eigenvalue weighted by Crippen LogP contribution is 2.34. The van der Waals surface area contributed by atoms with Gasteiger partial charge in [-0.05, 0) is 82.7 Å². The Morgan fingerprint density at radius 1 is 1.05 bits per heavy atom. The summed E-state index contributed by atoms with van der Waals surface area (Å²) in [6.07, 6.45) is -2.37. The molecule has 11 nitrogen and oxygen atoms in total. The topological polar surface area (TPSA) is 131 Å². The van der Waals surface area contributed by atoms with Crippen molar-refractivity contribution in [3.05, 3.63) is 65.5 Å². The van der Waals surface area contributed by atoms with E-state index in [1.807, 2.05) is 55.8 Å². The van der Waals surface area contributed by atoms with E-state index < -0.39 is 61.1 Å². The molecule has 3 aromatic rings. The van der Waals surface area contributed by atoms with Crippen LogP contribution in [0, 0.1) is 0 Å². The number of alkyl carbamates (subject to hydrolysis) is 1. The molecule has 0 aliphatic heterocycles. The fourth-order valence-corrected chi connectivity index (χ4v) is 7.32. The van der Waals surface area contributed by atoms with Crippen LogP contribution in [0.1, 0.15) is 82.4 Å². The zero-order valence-corrected chi connectivity index (χ0v) is 34.9. The van der Waals surface area contributed by atoms with Crippen LogP contribution < -0.4 is 15.4 Å². The number of ether oxygens (including phenoxy) is 4. The molecule has 5 atom stereocenters. The van der Waals surface area contributed by atoms with Crippen LogP contribution in [0.3, 0.4) is 0 Å². The number of nitrogens with zero attached hydrogens (tertiary/aromatic N) is 2. The quantitative estimate of drug-likeness (QED) is 0.0564. The van der Waals surface area contributed by atoms with Gasteiger partial charge in [0, 0.05) is 32.6 Å². The van der Waals surface area contributed by atoms with Gasteiger partial charge in [-0.1, -0.05) is 56.0 Å². The standard InChI is InChI=1S/C39H58F3N5O6SSi/c1-26(53-30-16-17-30)35(46-54(49)38(2,3)4)36-44-31-21-28(13-18-33(31)47(36)25-50-19-20-55(5,6)7)32(24-51-29-14-15-29)43-22-34(39(40,41)42)45-37(48)52-23-27-11-9-8-10-12-27/h8-13,18,21,26,29-30,32,34-35,43,46H,14-17,19-20,22-25H2,1-7H3,(H,45,48)/t26-,32-,34+,35+,54-/m1/s1. The van der Waals surface area contributed by atoms with E-state index in [0.717, 1.165) is 37.2 Å². The van der Waals surface area contributed by atoms with Crippen LogP contribution in [0.5, 0.6) is 0 Å². The van der Waals surface area contributed by atoms with Gasteiger partial charge in [-0.15, -0.1) is 4.72 Å². The smallest absolute Gasteiger partial charge is 0.409 e. The first-order chi connectivity index (χ1) is 25.9. The summed E-state index contributed by atoms with van der Waals surface area (Å²) < 4.78 is 84.7. The van der Waals surface area contributed by atoms with Crippen LogP contribution in [0.4, 0.5) is 18.0 Å². The minimum absolute atomic E-state index is 0.0557. The second kappa shape index (κ2) is 18.7. The number of imidazole rings is 1. The van der Waals surface area contributed by atoms with Gasteiger partial charge in [-0.3, -0.25) is 0 Å². The van der Waals surface area contributed by atoms with Gasteiger partial charge in [-0.2, -0.15) is 13.2 Å². The minimum atomic E-state index is -4.75. The first-order valence-corrected chi connectivity index (χ1v) is 24.0. The molecule has 2 fully saturated rings. The van der Waals surface area contributed by atoms with E-state index in [4.69, 9.17) is 23.9 Å². The minimum Gasteiger partial charge on any atom is -0.598 e. The molecule has 306 valence electrons. The maximum Gasteiger partial charge on any atom is 0.409 e. The SMILES string of the molecule is C[C@@H](OC1CC1)[C@H](N[S@+]([O-])C(C)(C)C)c1nc2cc([C@@H](COC3CC3)NC[C@H](NC(=O)OCc3ccccc3)C(F)(F)F)ccc2n1COCC[Si](C)(C)C. The molecule has 16 heteroatoms. The number of benzene rings is 2. The van der Waals surface area contributed by atoms with E-state index in [-0.39, 0.29) is 38.3 Å². The van der Waals surface area contributed by atoms with E-state index in [9.17, 15) is 22.5 Å². The van der Waals surface area contributed by atoms with E-state index in [1.165, 1.54) is 0 Å². The first-order valence-electron chi connectivity index (χ1n) is 19.2. The number of nitrogens with one attached hydrogen (secondary N) is 3. The van der Waals surface area contributed by atoms with Gasteiger partial charge < -0.3 is 38.7 Å². The third-order valence-electron chi connectivity index (χ3n) is 9.38. The third-order valence-corrected chi connectivity index (χ3v) is 12.7. The Kier molecular flexibility index (Phi) is 14.8. The summed E-state index contributed by atoms with van der Waals surface area (Å²) in [5.74, 6) is 0.597. The van der Waals surface area contributed by atoms with Crippen LogP contribution in [0.25, 0.3) is 11.0 Å². The molecule has 0 saturated heterocycles. The maximum absolute atomic E-state index is 14.3. The van der Waals surface area contributed by atoms with Crippen LogP contribution >= 0.6 is 0 Å². The molecule has 2 aliphatic carbocycles. The van der Waals surface area contributed by atoms with Crippen molar-refractivity contribution in [2.45, 2.75) is 140 Å². The Bertz CT molecular complexity index is 1680. The average molecular weight is 810 g/mol. The van der Waals surface area contributed by atoms with Gasteiger partial charge in [0.05, 0.1) is 42.0 Å². The van der Waals surface area contributed by atoms with Crippen molar-refractivity contribution in [3.63, 3.8) is 0 Å². The number of aromatic nitrogens is 2. The molecule has 1 amide bonds. The van der Waals surface area contributed by atoms with Crippen molar-refractivity contribution in [1.82, 2.24) is 24.9 Å². The number of fused-ring (bicyclic) bond motifs is 1. The predicted octanol–water partition coefficient (Wildman–Crippen LogP) is 7.68. The lowest BCUT2D eigenvalue weighted by molar-refractivity contribution is -0.153.